The molecule has 0 N–H and O–H groups in total. The Kier molecular flexibility index (Phi) is 5.74. The molecule has 2 heterocycles. The van der Waals surface area contributed by atoms with Crippen LogP contribution in [0.15, 0.2) is 29.4 Å². The highest BCUT2D eigenvalue weighted by molar-refractivity contribution is 7.98. The van der Waals surface area contributed by atoms with Crippen LogP contribution in [0.3, 0.4) is 0 Å². The average molecular weight is 356 g/mol. The first-order chi connectivity index (χ1) is 12.1. The van der Waals surface area contributed by atoms with Crippen molar-refractivity contribution >= 4 is 23.4 Å². The van der Waals surface area contributed by atoms with Crippen LogP contribution in [0.1, 0.15) is 41.8 Å². The van der Waals surface area contributed by atoms with Gasteiger partial charge in [-0.25, -0.2) is 9.97 Å². The van der Waals surface area contributed by atoms with Crippen LogP contribution in [-0.2, 0) is 17.6 Å². The van der Waals surface area contributed by atoms with E-state index in [0.29, 0.717) is 12.8 Å². The summed E-state index contributed by atoms with van der Waals surface area (Å²) in [5.41, 5.74) is 5.46. The third kappa shape index (κ3) is 4.03. The molecule has 1 aliphatic heterocycles. The molecule has 0 fully saturated rings. The van der Waals surface area contributed by atoms with Gasteiger partial charge in [0.15, 0.2) is 5.16 Å². The molecule has 4 nitrogen and oxygen atoms in total. The maximum atomic E-state index is 12.9. The fourth-order valence-corrected chi connectivity index (χ4v) is 3.94. The average Bonchev–Trinajstić information content (AvgIpc) is 2.83. The van der Waals surface area contributed by atoms with Gasteiger partial charge in [-0.05, 0) is 63.0 Å². The van der Waals surface area contributed by atoms with Gasteiger partial charge in [0.1, 0.15) is 0 Å². The van der Waals surface area contributed by atoms with E-state index in [-0.39, 0.29) is 5.91 Å². The van der Waals surface area contributed by atoms with Gasteiger partial charge in [0.25, 0.3) is 0 Å². The highest BCUT2D eigenvalue weighted by Crippen LogP contribution is 2.27. The quantitative estimate of drug-likeness (QED) is 0.611. The van der Waals surface area contributed by atoms with Gasteiger partial charge in [-0.3, -0.25) is 4.79 Å². The Morgan fingerprint density at radius 1 is 1.16 bits per heavy atom. The van der Waals surface area contributed by atoms with Gasteiger partial charge < -0.3 is 4.90 Å². The van der Waals surface area contributed by atoms with Gasteiger partial charge in [-0.2, -0.15) is 0 Å². The molecule has 1 aromatic heterocycles. The zero-order valence-electron chi connectivity index (χ0n) is 15.2. The van der Waals surface area contributed by atoms with E-state index in [1.165, 1.54) is 5.56 Å². The molecule has 0 spiro atoms. The second-order valence-corrected chi connectivity index (χ2v) is 7.26. The number of nitrogens with zero attached hydrogens (tertiary/aromatic N) is 3. The smallest absolute Gasteiger partial charge is 0.227 e. The standard InChI is InChI=1S/C20H25N3OS/c1-14-17(15(2)22-20(21-14)25-3)11-12-19(24)23-13-7-6-9-16-8-4-5-10-18(16)23/h4-5,8,10H,6-7,9,11-13H2,1-3H3. The number of hydrogen-bond donors (Lipinski definition) is 0. The number of hydrogen-bond acceptors (Lipinski definition) is 4. The van der Waals surface area contributed by atoms with Gasteiger partial charge in [0.2, 0.25) is 5.91 Å². The van der Waals surface area contributed by atoms with Crippen LogP contribution < -0.4 is 4.90 Å². The first-order valence-electron chi connectivity index (χ1n) is 8.86. The van der Waals surface area contributed by atoms with Gasteiger partial charge in [0, 0.05) is 30.0 Å². The van der Waals surface area contributed by atoms with E-state index in [2.05, 4.69) is 28.2 Å². The molecule has 1 aliphatic rings. The summed E-state index contributed by atoms with van der Waals surface area (Å²) in [4.78, 5) is 23.9. The minimum atomic E-state index is 0.196. The summed E-state index contributed by atoms with van der Waals surface area (Å²) >= 11 is 1.55. The highest BCUT2D eigenvalue weighted by Gasteiger charge is 2.21. The van der Waals surface area contributed by atoms with E-state index in [0.717, 1.165) is 53.6 Å². The van der Waals surface area contributed by atoms with Crippen molar-refractivity contribution in [2.24, 2.45) is 0 Å². The molecule has 5 heteroatoms. The molecule has 3 rings (SSSR count). The lowest BCUT2D eigenvalue weighted by Gasteiger charge is -2.23. The van der Waals surface area contributed by atoms with Crippen molar-refractivity contribution in [3.63, 3.8) is 0 Å². The molecule has 132 valence electrons. The molecule has 0 atom stereocenters. The predicted molar refractivity (Wildman–Crippen MR) is 103 cm³/mol. The number of benzene rings is 1. The molecule has 0 saturated carbocycles. The van der Waals surface area contributed by atoms with Gasteiger partial charge in [-0.1, -0.05) is 30.0 Å². The van der Waals surface area contributed by atoms with Gasteiger partial charge in [0.05, 0.1) is 0 Å². The van der Waals surface area contributed by atoms with Crippen LogP contribution in [0, 0.1) is 13.8 Å². The summed E-state index contributed by atoms with van der Waals surface area (Å²) in [6.45, 7) is 4.83. The number of aromatic nitrogens is 2. The molecule has 0 aliphatic carbocycles. The maximum Gasteiger partial charge on any atom is 0.227 e. The highest BCUT2D eigenvalue weighted by atomic mass is 32.2. The Hall–Kier alpha value is -1.88. The minimum absolute atomic E-state index is 0.196. The number of rotatable bonds is 4. The van der Waals surface area contributed by atoms with Crippen LogP contribution in [0.5, 0.6) is 0 Å². The molecular formula is C20H25N3OS. The molecule has 2 aromatic rings. The normalized spacial score (nSPS) is 14.1. The third-order valence-corrected chi connectivity index (χ3v) is 5.38. The first kappa shape index (κ1) is 17.9. The summed E-state index contributed by atoms with van der Waals surface area (Å²) in [6.07, 6.45) is 6.44. The Labute approximate surface area is 154 Å². The molecular weight excluding hydrogens is 330 g/mol. The summed E-state index contributed by atoms with van der Waals surface area (Å²) in [6, 6.07) is 8.30. The van der Waals surface area contributed by atoms with E-state index in [1.807, 2.05) is 31.1 Å². The minimum Gasteiger partial charge on any atom is -0.312 e. The zero-order chi connectivity index (χ0) is 17.8. The van der Waals surface area contributed by atoms with E-state index >= 15 is 0 Å². The number of thioether (sulfide) groups is 1. The number of amides is 1. The maximum absolute atomic E-state index is 12.9. The molecule has 0 bridgehead atoms. The van der Waals surface area contributed by atoms with Crippen molar-refractivity contribution < 1.29 is 4.79 Å². The third-order valence-electron chi connectivity index (χ3n) is 4.83. The monoisotopic (exact) mass is 355 g/mol. The predicted octanol–water partition coefficient (Wildman–Crippen LogP) is 4.12. The van der Waals surface area contributed by atoms with Crippen molar-refractivity contribution in [1.82, 2.24) is 9.97 Å². The summed E-state index contributed by atoms with van der Waals surface area (Å²) in [5.74, 6) is 0.196. The number of para-hydroxylation sites is 1. The topological polar surface area (TPSA) is 46.1 Å². The Morgan fingerprint density at radius 3 is 2.60 bits per heavy atom. The summed E-state index contributed by atoms with van der Waals surface area (Å²) in [5, 5.41) is 0.798. The first-order valence-corrected chi connectivity index (χ1v) is 10.1. The van der Waals surface area contributed by atoms with Gasteiger partial charge in [-0.15, -0.1) is 0 Å². The largest absolute Gasteiger partial charge is 0.312 e. The van der Waals surface area contributed by atoms with Crippen molar-refractivity contribution in [2.45, 2.75) is 51.1 Å². The van der Waals surface area contributed by atoms with Gasteiger partial charge >= 0.3 is 0 Å². The molecule has 25 heavy (non-hydrogen) atoms. The molecule has 0 radical (unpaired) electrons. The lowest BCUT2D eigenvalue weighted by atomic mass is 10.1. The van der Waals surface area contributed by atoms with Crippen molar-refractivity contribution in [2.75, 3.05) is 17.7 Å². The Bertz CT molecular complexity index is 752. The summed E-state index contributed by atoms with van der Waals surface area (Å²) in [7, 11) is 0. The molecule has 0 unspecified atom stereocenters. The number of aryl methyl sites for hydroxylation is 3. The lowest BCUT2D eigenvalue weighted by Crippen LogP contribution is -2.32. The Balaban J connectivity index is 1.75. The van der Waals surface area contributed by atoms with Crippen molar-refractivity contribution in [3.8, 4) is 0 Å². The fourth-order valence-electron chi connectivity index (χ4n) is 3.48. The SMILES string of the molecule is CSc1nc(C)c(CCC(=O)N2CCCCc3ccccc32)c(C)n1. The number of carbonyl (C=O) groups is 1. The number of carbonyl (C=O) groups excluding carboxylic acids is 1. The van der Waals surface area contributed by atoms with E-state index in [4.69, 9.17) is 0 Å². The number of anilines is 1. The van der Waals surface area contributed by atoms with Crippen molar-refractivity contribution in [3.05, 3.63) is 46.8 Å². The van der Waals surface area contributed by atoms with Crippen LogP contribution in [0.4, 0.5) is 5.69 Å². The van der Waals surface area contributed by atoms with E-state index < -0.39 is 0 Å². The van der Waals surface area contributed by atoms with E-state index in [1.54, 1.807) is 11.8 Å². The second-order valence-electron chi connectivity index (χ2n) is 6.49. The molecule has 1 aromatic carbocycles. The van der Waals surface area contributed by atoms with E-state index in [9.17, 15) is 4.79 Å². The zero-order valence-corrected chi connectivity index (χ0v) is 16.0. The Morgan fingerprint density at radius 2 is 1.88 bits per heavy atom. The fraction of sp³-hybridized carbons (Fsp3) is 0.450. The molecule has 0 saturated heterocycles. The number of fused-ring (bicyclic) bond motifs is 1. The van der Waals surface area contributed by atoms with Crippen molar-refractivity contribution in [1.29, 1.82) is 0 Å². The second kappa shape index (κ2) is 8.00. The summed E-state index contributed by atoms with van der Waals surface area (Å²) < 4.78 is 0. The van der Waals surface area contributed by atoms with Crippen LogP contribution >= 0.6 is 11.8 Å². The molecule has 1 amide bonds. The van der Waals surface area contributed by atoms with Crippen LogP contribution in [-0.4, -0.2) is 28.7 Å². The van der Waals surface area contributed by atoms with Crippen LogP contribution in [0.25, 0.3) is 0 Å². The van der Waals surface area contributed by atoms with Crippen LogP contribution in [0.2, 0.25) is 0 Å². The lowest BCUT2D eigenvalue weighted by molar-refractivity contribution is -0.118.